The Balaban J connectivity index is 2.03. The minimum absolute atomic E-state index is 0.169. The first-order valence-electron chi connectivity index (χ1n) is 11.2. The molecule has 2 heterocycles. The molecule has 0 radical (unpaired) electrons. The van der Waals surface area contributed by atoms with Crippen molar-refractivity contribution in [3.63, 3.8) is 0 Å². The molecular formula is C22H36N5O8P. The number of carbonyl (C=O) groups is 2. The summed E-state index contributed by atoms with van der Waals surface area (Å²) in [5.41, 5.74) is 4.86. The number of carbonyl (C=O) groups excluding carboxylic acids is 2. The fourth-order valence-electron chi connectivity index (χ4n) is 2.64. The number of rotatable bonds is 11. The lowest BCUT2D eigenvalue weighted by atomic mass is 9.98. The molecule has 3 N–H and O–H groups in total. The van der Waals surface area contributed by atoms with Crippen molar-refractivity contribution >= 4 is 31.3 Å². The molecular weight excluding hydrogens is 493 g/mol. The molecule has 1 aliphatic heterocycles. The van der Waals surface area contributed by atoms with Gasteiger partial charge < -0.3 is 29.8 Å². The Morgan fingerprint density at radius 2 is 1.64 bits per heavy atom. The average molecular weight is 530 g/mol. The van der Waals surface area contributed by atoms with Gasteiger partial charge in [0.05, 0.1) is 23.3 Å². The third kappa shape index (κ3) is 8.44. The highest BCUT2D eigenvalue weighted by Gasteiger charge is 2.29. The summed E-state index contributed by atoms with van der Waals surface area (Å²) < 4.78 is 41.0. The van der Waals surface area contributed by atoms with Gasteiger partial charge in [0.25, 0.3) is 0 Å². The number of esters is 2. The van der Waals surface area contributed by atoms with E-state index < -0.39 is 50.2 Å². The maximum atomic E-state index is 13.2. The van der Waals surface area contributed by atoms with Gasteiger partial charge in [-0.3, -0.25) is 23.2 Å². The lowest BCUT2D eigenvalue weighted by molar-refractivity contribution is -0.161. The Bertz CT molecular complexity index is 1000. The van der Waals surface area contributed by atoms with Gasteiger partial charge in [0, 0.05) is 13.7 Å². The van der Waals surface area contributed by atoms with Gasteiger partial charge in [-0.1, -0.05) is 12.2 Å². The number of nitrogens with two attached hydrogens (primary N) is 1. The fourth-order valence-corrected chi connectivity index (χ4v) is 3.76. The summed E-state index contributed by atoms with van der Waals surface area (Å²) in [4.78, 5) is 32.5. The Hall–Kier alpha value is -2.73. The smallest absolute Gasteiger partial charge is 0.340 e. The predicted octanol–water partition coefficient (Wildman–Crippen LogP) is 2.95. The molecule has 1 atom stereocenters. The number of guanidine groups is 1. The lowest BCUT2D eigenvalue weighted by Gasteiger charge is -2.21. The van der Waals surface area contributed by atoms with Crippen molar-refractivity contribution in [1.82, 2.24) is 14.9 Å². The minimum atomic E-state index is -3.83. The first-order chi connectivity index (χ1) is 16.7. The number of nitrogens with one attached hydrogen (secondary N) is 1. The van der Waals surface area contributed by atoms with Crippen molar-refractivity contribution in [3.05, 3.63) is 24.2 Å². The number of hydrogen-bond donors (Lipinski definition) is 2. The summed E-state index contributed by atoms with van der Waals surface area (Å²) >= 11 is 0. The minimum Gasteiger partial charge on any atom is -0.438 e. The highest BCUT2D eigenvalue weighted by molar-refractivity contribution is 7.54. The van der Waals surface area contributed by atoms with Gasteiger partial charge >= 0.3 is 19.5 Å². The Morgan fingerprint density at radius 1 is 1.08 bits per heavy atom. The van der Waals surface area contributed by atoms with Crippen molar-refractivity contribution in [2.45, 2.75) is 54.3 Å². The summed E-state index contributed by atoms with van der Waals surface area (Å²) in [6.07, 6.45) is 4.18. The van der Waals surface area contributed by atoms with E-state index in [0.717, 1.165) is 0 Å². The van der Waals surface area contributed by atoms with Gasteiger partial charge in [-0.2, -0.15) is 4.99 Å². The molecule has 0 saturated heterocycles. The number of ether oxygens (including phenoxy) is 3. The molecule has 13 nitrogen and oxygen atoms in total. The molecule has 1 aliphatic rings. The fraction of sp³-hybridized carbons (Fsp3) is 0.636. The van der Waals surface area contributed by atoms with Crippen LogP contribution in [0.2, 0.25) is 0 Å². The normalized spacial score (nSPS) is 16.3. The van der Waals surface area contributed by atoms with E-state index in [4.69, 9.17) is 29.0 Å². The molecule has 2 rings (SSSR count). The van der Waals surface area contributed by atoms with Crippen molar-refractivity contribution in [1.29, 1.82) is 0 Å². The zero-order valence-electron chi connectivity index (χ0n) is 21.8. The topological polar surface area (TPSA) is 166 Å². The van der Waals surface area contributed by atoms with Crippen LogP contribution >= 0.6 is 7.60 Å². The van der Waals surface area contributed by atoms with E-state index in [1.165, 1.54) is 7.11 Å². The maximum absolute atomic E-state index is 13.2. The number of nitrogens with zero attached hydrogens (tertiary/aromatic N) is 3. The van der Waals surface area contributed by atoms with Gasteiger partial charge in [0.15, 0.2) is 18.0 Å². The molecule has 0 amide bonds. The van der Waals surface area contributed by atoms with E-state index in [0.29, 0.717) is 18.1 Å². The van der Waals surface area contributed by atoms with Gasteiger partial charge in [0.1, 0.15) is 5.69 Å². The Morgan fingerprint density at radius 3 is 2.14 bits per heavy atom. The third-order valence-electron chi connectivity index (χ3n) is 4.73. The van der Waals surface area contributed by atoms with Gasteiger partial charge in [-0.05, 0) is 41.5 Å². The average Bonchev–Trinajstić information content (AvgIpc) is 3.17. The molecule has 0 aliphatic carbocycles. The number of allylic oxidation sites excluding steroid dienone is 2. The number of imidazole rings is 1. The van der Waals surface area contributed by atoms with Crippen LogP contribution in [0.4, 0.5) is 5.82 Å². The zero-order chi connectivity index (χ0) is 27.1. The van der Waals surface area contributed by atoms with E-state index in [1.807, 2.05) is 0 Å². The molecule has 36 heavy (non-hydrogen) atoms. The van der Waals surface area contributed by atoms with Crippen LogP contribution in [0, 0.1) is 10.8 Å². The van der Waals surface area contributed by atoms with E-state index in [2.05, 4.69) is 15.3 Å². The zero-order valence-corrected chi connectivity index (χ0v) is 22.7. The van der Waals surface area contributed by atoms with Crippen LogP contribution in [0.1, 0.15) is 53.5 Å². The van der Waals surface area contributed by atoms with Crippen molar-refractivity contribution in [2.24, 2.45) is 21.6 Å². The number of aromatic nitrogens is 2. The van der Waals surface area contributed by atoms with Crippen LogP contribution in [-0.4, -0.2) is 54.3 Å². The maximum Gasteiger partial charge on any atom is 0.340 e. The van der Waals surface area contributed by atoms with Crippen LogP contribution in [0.3, 0.4) is 0 Å². The second-order valence-electron chi connectivity index (χ2n) is 9.99. The largest absolute Gasteiger partial charge is 0.438 e. The number of fused-ring (bicyclic) bond motifs is 1. The first kappa shape index (κ1) is 29.5. The van der Waals surface area contributed by atoms with Crippen LogP contribution in [-0.2, 0) is 44.0 Å². The van der Waals surface area contributed by atoms with Crippen LogP contribution in [0.5, 0.6) is 0 Å². The summed E-state index contributed by atoms with van der Waals surface area (Å²) in [6, 6.07) is 0. The summed E-state index contributed by atoms with van der Waals surface area (Å²) in [5, 5.41) is 2.87. The highest BCUT2D eigenvalue weighted by Crippen LogP contribution is 2.48. The second kappa shape index (κ2) is 12.0. The molecule has 0 spiro atoms. The van der Waals surface area contributed by atoms with Crippen molar-refractivity contribution < 1.29 is 37.4 Å². The summed E-state index contributed by atoms with van der Waals surface area (Å²) in [5.74, 6) is -0.336. The van der Waals surface area contributed by atoms with Gasteiger partial charge in [-0.25, -0.2) is 4.98 Å². The van der Waals surface area contributed by atoms with E-state index in [9.17, 15) is 14.2 Å². The molecule has 0 aromatic carbocycles. The van der Waals surface area contributed by atoms with Crippen molar-refractivity contribution in [3.8, 4) is 0 Å². The summed E-state index contributed by atoms with van der Waals surface area (Å²) in [6.45, 7) is 9.23. The Kier molecular flexibility index (Phi) is 9.84. The number of aliphatic imine (C=N–C) groups is 1. The van der Waals surface area contributed by atoms with E-state index >= 15 is 0 Å². The SMILES string of the molecule is COC1NC(N)=Nc2c1ncn2C/C=C/CP(=O)(OCOC(=O)C(C)(C)C)OCOC(=O)C(C)(C)C. The van der Waals surface area contributed by atoms with Gasteiger partial charge in [-0.15, -0.1) is 0 Å². The first-order valence-corrected chi connectivity index (χ1v) is 12.9. The standard InChI is InChI=1S/C22H36N5O8P/c1-21(2,3)18(28)32-13-34-36(30,35-14-33-19(29)22(4,5)6)11-9-8-10-27-12-24-15-16(27)25-20(23)26-17(15)31-7/h8-9,12,17H,10-11,13-14H2,1-7H3,(H3,23,25,26)/b9-8+. The monoisotopic (exact) mass is 529 g/mol. The molecule has 14 heteroatoms. The highest BCUT2D eigenvalue weighted by atomic mass is 31.2. The molecule has 0 bridgehead atoms. The van der Waals surface area contributed by atoms with Crippen LogP contribution < -0.4 is 11.1 Å². The van der Waals surface area contributed by atoms with E-state index in [1.54, 1.807) is 64.6 Å². The van der Waals surface area contributed by atoms with Crippen LogP contribution in [0.25, 0.3) is 0 Å². The van der Waals surface area contributed by atoms with Crippen LogP contribution in [0.15, 0.2) is 23.5 Å². The molecule has 0 saturated carbocycles. The Labute approximate surface area is 210 Å². The third-order valence-corrected chi connectivity index (χ3v) is 6.38. The molecule has 0 fully saturated rings. The second-order valence-corrected chi connectivity index (χ2v) is 12.1. The predicted molar refractivity (Wildman–Crippen MR) is 131 cm³/mol. The quantitative estimate of drug-likeness (QED) is 0.187. The lowest BCUT2D eigenvalue weighted by Crippen LogP contribution is -2.38. The van der Waals surface area contributed by atoms with Crippen molar-refractivity contribution in [2.75, 3.05) is 26.9 Å². The number of methoxy groups -OCH3 is 1. The van der Waals surface area contributed by atoms with E-state index in [-0.39, 0.29) is 12.1 Å². The summed E-state index contributed by atoms with van der Waals surface area (Å²) in [7, 11) is -2.31. The number of hydrogen-bond acceptors (Lipinski definition) is 12. The molecule has 1 unspecified atom stereocenters. The van der Waals surface area contributed by atoms with Gasteiger partial charge in [0.2, 0.25) is 13.6 Å². The molecule has 1 aromatic rings. The molecule has 1 aromatic heterocycles. The molecule has 202 valence electrons.